The van der Waals surface area contributed by atoms with Gasteiger partial charge in [0.2, 0.25) is 0 Å². The zero-order valence-corrected chi connectivity index (χ0v) is 10.6. The van der Waals surface area contributed by atoms with Gasteiger partial charge in [-0.25, -0.2) is 0 Å². The summed E-state index contributed by atoms with van der Waals surface area (Å²) in [6, 6.07) is 0. The minimum absolute atomic E-state index is 0.902. The highest BCUT2D eigenvalue weighted by Gasteiger charge is 2.27. The van der Waals surface area contributed by atoms with Gasteiger partial charge in [0.25, 0.3) is 0 Å². The van der Waals surface area contributed by atoms with E-state index in [1.54, 1.807) is 0 Å². The first-order chi connectivity index (χ1) is 6.69. The topological polar surface area (TPSA) is 0 Å². The molecule has 0 amide bonds. The van der Waals surface area contributed by atoms with Gasteiger partial charge in [0, 0.05) is 0 Å². The molecule has 0 nitrogen and oxygen atoms in total. The molecule has 0 radical (unpaired) electrons. The quantitative estimate of drug-likeness (QED) is 0.564. The van der Waals surface area contributed by atoms with Crippen LogP contribution in [0.15, 0.2) is 0 Å². The van der Waals surface area contributed by atoms with Crippen LogP contribution in [0.3, 0.4) is 0 Å². The highest BCUT2D eigenvalue weighted by molar-refractivity contribution is 4.78. The molecule has 0 heterocycles. The van der Waals surface area contributed by atoms with Crippen LogP contribution in [0, 0.1) is 23.7 Å². The van der Waals surface area contributed by atoms with Gasteiger partial charge in [-0.15, -0.1) is 0 Å². The maximum Gasteiger partial charge on any atom is -0.0386 e. The van der Waals surface area contributed by atoms with Crippen molar-refractivity contribution in [1.29, 1.82) is 0 Å². The van der Waals surface area contributed by atoms with E-state index in [1.807, 2.05) is 0 Å². The third-order valence-corrected chi connectivity index (χ3v) is 4.41. The Morgan fingerprint density at radius 3 is 2.14 bits per heavy atom. The SMILES string of the molecule is CCC1CCCC(C(C)C)CC1CC. The van der Waals surface area contributed by atoms with Crippen molar-refractivity contribution in [2.24, 2.45) is 23.7 Å². The van der Waals surface area contributed by atoms with Gasteiger partial charge < -0.3 is 0 Å². The third kappa shape index (κ3) is 3.00. The second kappa shape index (κ2) is 5.78. The van der Waals surface area contributed by atoms with Gasteiger partial charge in [-0.05, 0) is 30.1 Å². The number of rotatable bonds is 3. The van der Waals surface area contributed by atoms with Gasteiger partial charge in [0.05, 0.1) is 0 Å². The lowest BCUT2D eigenvalue weighted by molar-refractivity contribution is 0.244. The van der Waals surface area contributed by atoms with E-state index in [0.29, 0.717) is 0 Å². The molecule has 3 atom stereocenters. The molecule has 1 aliphatic carbocycles. The molecular weight excluding hydrogens is 168 g/mol. The lowest BCUT2D eigenvalue weighted by atomic mass is 9.79. The minimum Gasteiger partial charge on any atom is -0.0651 e. The predicted molar refractivity (Wildman–Crippen MR) is 64.4 cm³/mol. The zero-order chi connectivity index (χ0) is 10.6. The second-order valence-electron chi connectivity index (χ2n) is 5.51. The van der Waals surface area contributed by atoms with Crippen LogP contribution < -0.4 is 0 Å². The van der Waals surface area contributed by atoms with Gasteiger partial charge in [-0.2, -0.15) is 0 Å². The maximum absolute atomic E-state index is 2.41. The van der Waals surface area contributed by atoms with E-state index in [9.17, 15) is 0 Å². The normalized spacial score (nSPS) is 34.5. The van der Waals surface area contributed by atoms with Crippen molar-refractivity contribution in [2.45, 2.75) is 66.2 Å². The summed E-state index contributed by atoms with van der Waals surface area (Å²) in [6.07, 6.45) is 8.79. The zero-order valence-electron chi connectivity index (χ0n) is 10.6. The monoisotopic (exact) mass is 196 g/mol. The van der Waals surface area contributed by atoms with Crippen molar-refractivity contribution >= 4 is 0 Å². The van der Waals surface area contributed by atoms with Crippen LogP contribution in [0.25, 0.3) is 0 Å². The fraction of sp³-hybridized carbons (Fsp3) is 1.00. The summed E-state index contributed by atoms with van der Waals surface area (Å²) in [7, 11) is 0. The van der Waals surface area contributed by atoms with Crippen molar-refractivity contribution in [3.8, 4) is 0 Å². The van der Waals surface area contributed by atoms with E-state index in [2.05, 4.69) is 27.7 Å². The summed E-state index contributed by atoms with van der Waals surface area (Å²) < 4.78 is 0. The Morgan fingerprint density at radius 1 is 1.00 bits per heavy atom. The van der Waals surface area contributed by atoms with Crippen molar-refractivity contribution in [3.63, 3.8) is 0 Å². The fourth-order valence-corrected chi connectivity index (χ4v) is 3.22. The molecule has 0 saturated heterocycles. The lowest BCUT2D eigenvalue weighted by Crippen LogP contribution is -2.16. The van der Waals surface area contributed by atoms with Crippen LogP contribution >= 0.6 is 0 Å². The average molecular weight is 196 g/mol. The van der Waals surface area contributed by atoms with Crippen molar-refractivity contribution < 1.29 is 0 Å². The van der Waals surface area contributed by atoms with E-state index in [4.69, 9.17) is 0 Å². The molecule has 14 heavy (non-hydrogen) atoms. The minimum atomic E-state index is 0.902. The first-order valence-electron chi connectivity index (χ1n) is 6.69. The Bertz CT molecular complexity index is 148. The van der Waals surface area contributed by atoms with Crippen molar-refractivity contribution in [3.05, 3.63) is 0 Å². The van der Waals surface area contributed by atoms with Crippen LogP contribution in [0.4, 0.5) is 0 Å². The summed E-state index contributed by atoms with van der Waals surface area (Å²) in [5.41, 5.74) is 0. The standard InChI is InChI=1S/C14H28/c1-5-12-8-7-9-14(11(3)4)10-13(12)6-2/h11-14H,5-10H2,1-4H3. The maximum atomic E-state index is 2.41. The average Bonchev–Trinajstić information content (AvgIpc) is 2.38. The highest BCUT2D eigenvalue weighted by Crippen LogP contribution is 2.38. The fourth-order valence-electron chi connectivity index (χ4n) is 3.22. The molecule has 0 aromatic rings. The molecule has 3 unspecified atom stereocenters. The van der Waals surface area contributed by atoms with Crippen LogP contribution in [0.5, 0.6) is 0 Å². The van der Waals surface area contributed by atoms with Gasteiger partial charge in [0.15, 0.2) is 0 Å². The smallest absolute Gasteiger partial charge is 0.0386 e. The first kappa shape index (κ1) is 12.1. The number of hydrogen-bond acceptors (Lipinski definition) is 0. The molecule has 1 fully saturated rings. The van der Waals surface area contributed by atoms with Crippen LogP contribution in [0.1, 0.15) is 66.2 Å². The number of hydrogen-bond donors (Lipinski definition) is 0. The van der Waals surface area contributed by atoms with Crippen LogP contribution in [-0.4, -0.2) is 0 Å². The third-order valence-electron chi connectivity index (χ3n) is 4.41. The summed E-state index contributed by atoms with van der Waals surface area (Å²) in [4.78, 5) is 0. The molecule has 84 valence electrons. The molecule has 1 aliphatic rings. The summed E-state index contributed by atoms with van der Waals surface area (Å²) in [5, 5.41) is 0. The van der Waals surface area contributed by atoms with E-state index in [-0.39, 0.29) is 0 Å². The Hall–Kier alpha value is 0. The Kier molecular flexibility index (Phi) is 4.98. The van der Waals surface area contributed by atoms with Gasteiger partial charge in [-0.1, -0.05) is 59.8 Å². The molecule has 0 aliphatic heterocycles. The van der Waals surface area contributed by atoms with E-state index in [1.165, 1.54) is 38.5 Å². The molecule has 0 bridgehead atoms. The van der Waals surface area contributed by atoms with Crippen molar-refractivity contribution in [2.75, 3.05) is 0 Å². The van der Waals surface area contributed by atoms with Crippen LogP contribution in [0.2, 0.25) is 0 Å². The lowest BCUT2D eigenvalue weighted by Gasteiger charge is -2.26. The van der Waals surface area contributed by atoms with Gasteiger partial charge in [-0.3, -0.25) is 0 Å². The van der Waals surface area contributed by atoms with Gasteiger partial charge >= 0.3 is 0 Å². The molecule has 1 rings (SSSR count). The Balaban J connectivity index is 2.57. The largest absolute Gasteiger partial charge is 0.0651 e. The Morgan fingerprint density at radius 2 is 1.64 bits per heavy atom. The molecule has 0 heteroatoms. The summed E-state index contributed by atoms with van der Waals surface area (Å²) >= 11 is 0. The summed E-state index contributed by atoms with van der Waals surface area (Å²) in [6.45, 7) is 9.58. The van der Waals surface area contributed by atoms with E-state index >= 15 is 0 Å². The molecule has 0 aromatic carbocycles. The first-order valence-corrected chi connectivity index (χ1v) is 6.69. The molecular formula is C14H28. The summed E-state index contributed by atoms with van der Waals surface area (Å²) in [5.74, 6) is 3.97. The van der Waals surface area contributed by atoms with E-state index in [0.717, 1.165) is 23.7 Å². The van der Waals surface area contributed by atoms with Crippen LogP contribution in [-0.2, 0) is 0 Å². The predicted octanol–water partition coefficient (Wildman–Crippen LogP) is 4.89. The molecule has 0 aromatic heterocycles. The second-order valence-corrected chi connectivity index (χ2v) is 5.51. The molecule has 0 N–H and O–H groups in total. The van der Waals surface area contributed by atoms with Crippen molar-refractivity contribution in [1.82, 2.24) is 0 Å². The molecule has 1 saturated carbocycles. The molecule has 0 spiro atoms. The van der Waals surface area contributed by atoms with Gasteiger partial charge in [0.1, 0.15) is 0 Å². The Labute approximate surface area is 90.5 Å². The highest BCUT2D eigenvalue weighted by atomic mass is 14.3. The van der Waals surface area contributed by atoms with E-state index < -0.39 is 0 Å².